The largest absolute Gasteiger partial charge is 0.495 e. The van der Waals surface area contributed by atoms with Gasteiger partial charge in [-0.05, 0) is 23.8 Å². The molecule has 1 unspecified atom stereocenters. The molecule has 0 bridgehead atoms. The Balaban J connectivity index is 2.11. The van der Waals surface area contributed by atoms with Gasteiger partial charge in [0, 0.05) is 11.8 Å². The fraction of sp³-hybridized carbons (Fsp3) is 0.421. The van der Waals surface area contributed by atoms with Crippen molar-refractivity contribution in [2.45, 2.75) is 48.6 Å². The molecule has 1 aromatic heterocycles. The summed E-state index contributed by atoms with van der Waals surface area (Å²) in [5.74, 6) is 1.11. The monoisotopic (exact) mass is 407 g/mol. The zero-order valence-corrected chi connectivity index (χ0v) is 17.6. The van der Waals surface area contributed by atoms with Crippen molar-refractivity contribution in [1.29, 1.82) is 0 Å². The first kappa shape index (κ1) is 21.4. The molecule has 0 aliphatic carbocycles. The second-order valence-corrected chi connectivity index (χ2v) is 8.86. The number of aromatic amines is 1. The van der Waals surface area contributed by atoms with Crippen molar-refractivity contribution >= 4 is 35.1 Å². The van der Waals surface area contributed by atoms with Gasteiger partial charge in [-0.2, -0.15) is 11.8 Å². The SMILES string of the molecule is CCC(Sc1nc(CSC(C)C)cc(=O)[nH]1)C(=O)Nc1ccccc1OC. The summed E-state index contributed by atoms with van der Waals surface area (Å²) in [6.45, 7) is 6.13. The number of methoxy groups -OCH3 is 1. The maximum absolute atomic E-state index is 12.7. The van der Waals surface area contributed by atoms with E-state index >= 15 is 0 Å². The highest BCUT2D eigenvalue weighted by atomic mass is 32.2. The molecule has 1 heterocycles. The van der Waals surface area contributed by atoms with E-state index in [0.29, 0.717) is 34.0 Å². The molecule has 0 spiro atoms. The van der Waals surface area contributed by atoms with E-state index in [0.717, 1.165) is 5.69 Å². The molecule has 2 N–H and O–H groups in total. The van der Waals surface area contributed by atoms with Crippen molar-refractivity contribution in [3.8, 4) is 5.75 Å². The lowest BCUT2D eigenvalue weighted by molar-refractivity contribution is -0.115. The zero-order valence-electron chi connectivity index (χ0n) is 15.9. The molecule has 0 saturated heterocycles. The number of nitrogens with one attached hydrogen (secondary N) is 2. The maximum Gasteiger partial charge on any atom is 0.251 e. The van der Waals surface area contributed by atoms with E-state index in [4.69, 9.17) is 4.74 Å². The fourth-order valence-corrected chi connectivity index (χ4v) is 3.87. The predicted molar refractivity (Wildman–Crippen MR) is 113 cm³/mol. The Kier molecular flexibility index (Phi) is 8.24. The first-order valence-electron chi connectivity index (χ1n) is 8.75. The van der Waals surface area contributed by atoms with E-state index in [2.05, 4.69) is 29.1 Å². The Morgan fingerprint density at radius 3 is 2.74 bits per heavy atom. The van der Waals surface area contributed by atoms with Gasteiger partial charge in [0.25, 0.3) is 5.56 Å². The number of carbonyl (C=O) groups is 1. The third-order valence-corrected chi connectivity index (χ3v) is 6.00. The van der Waals surface area contributed by atoms with Crippen LogP contribution in [0, 0.1) is 0 Å². The molecule has 1 aromatic carbocycles. The minimum atomic E-state index is -0.383. The highest BCUT2D eigenvalue weighted by Gasteiger charge is 2.21. The lowest BCUT2D eigenvalue weighted by Gasteiger charge is -2.16. The average molecular weight is 408 g/mol. The fourth-order valence-electron chi connectivity index (χ4n) is 2.28. The topological polar surface area (TPSA) is 84.1 Å². The number of aromatic nitrogens is 2. The van der Waals surface area contributed by atoms with Crippen LogP contribution in [-0.2, 0) is 10.5 Å². The molecule has 1 amide bonds. The standard InChI is InChI=1S/C19H25N3O3S2/c1-5-16(18(24)21-14-8-6-7-9-15(14)25-4)27-19-20-13(10-17(23)22-19)11-26-12(2)3/h6-10,12,16H,5,11H2,1-4H3,(H,21,24)(H,20,22,23). The Labute approximate surface area is 167 Å². The summed E-state index contributed by atoms with van der Waals surface area (Å²) >= 11 is 2.98. The maximum atomic E-state index is 12.7. The summed E-state index contributed by atoms with van der Waals surface area (Å²) in [6.07, 6.45) is 0.598. The van der Waals surface area contributed by atoms with Crippen LogP contribution in [0.3, 0.4) is 0 Å². The van der Waals surface area contributed by atoms with Gasteiger partial charge in [-0.25, -0.2) is 4.98 Å². The third kappa shape index (κ3) is 6.62. The van der Waals surface area contributed by atoms with Gasteiger partial charge in [0.2, 0.25) is 5.91 Å². The molecule has 1 atom stereocenters. The van der Waals surface area contributed by atoms with Crippen LogP contribution in [0.2, 0.25) is 0 Å². The molecule has 2 rings (SSSR count). The van der Waals surface area contributed by atoms with Gasteiger partial charge < -0.3 is 15.0 Å². The van der Waals surface area contributed by atoms with E-state index in [1.807, 2.05) is 19.1 Å². The minimum absolute atomic E-state index is 0.156. The van der Waals surface area contributed by atoms with Crippen molar-refractivity contribution in [2.24, 2.45) is 0 Å². The number of thioether (sulfide) groups is 2. The number of ether oxygens (including phenoxy) is 1. The van der Waals surface area contributed by atoms with E-state index in [1.165, 1.54) is 17.8 Å². The van der Waals surface area contributed by atoms with Gasteiger partial charge >= 0.3 is 0 Å². The van der Waals surface area contributed by atoms with Gasteiger partial charge in [0.15, 0.2) is 5.16 Å². The Morgan fingerprint density at radius 1 is 1.33 bits per heavy atom. The van der Waals surface area contributed by atoms with Crippen LogP contribution in [0.1, 0.15) is 32.9 Å². The van der Waals surface area contributed by atoms with Crippen molar-refractivity contribution < 1.29 is 9.53 Å². The second-order valence-electron chi connectivity index (χ2n) is 6.11. The molecule has 6 nitrogen and oxygen atoms in total. The van der Waals surface area contributed by atoms with Crippen LogP contribution in [-0.4, -0.2) is 33.5 Å². The number of carbonyl (C=O) groups excluding carboxylic acids is 1. The van der Waals surface area contributed by atoms with E-state index < -0.39 is 0 Å². The number of hydrogen-bond donors (Lipinski definition) is 2. The van der Waals surface area contributed by atoms with Crippen molar-refractivity contribution in [3.05, 3.63) is 46.4 Å². The Hall–Kier alpha value is -1.93. The van der Waals surface area contributed by atoms with Crippen LogP contribution in [0.15, 0.2) is 40.3 Å². The Bertz CT molecular complexity index is 824. The van der Waals surface area contributed by atoms with Gasteiger partial charge in [-0.1, -0.05) is 44.7 Å². The van der Waals surface area contributed by atoms with E-state index in [-0.39, 0.29) is 16.7 Å². The smallest absolute Gasteiger partial charge is 0.251 e. The van der Waals surface area contributed by atoms with Crippen LogP contribution in [0.25, 0.3) is 0 Å². The van der Waals surface area contributed by atoms with Crippen LogP contribution in [0.5, 0.6) is 5.75 Å². The highest BCUT2D eigenvalue weighted by molar-refractivity contribution is 8.00. The van der Waals surface area contributed by atoms with Gasteiger partial charge in [-0.3, -0.25) is 9.59 Å². The van der Waals surface area contributed by atoms with E-state index in [1.54, 1.807) is 31.0 Å². The summed E-state index contributed by atoms with van der Waals surface area (Å²) in [5.41, 5.74) is 1.14. The molecule has 0 saturated carbocycles. The number of benzene rings is 1. The second kappa shape index (κ2) is 10.4. The molecule has 0 aliphatic heterocycles. The van der Waals surface area contributed by atoms with Crippen molar-refractivity contribution in [2.75, 3.05) is 12.4 Å². The van der Waals surface area contributed by atoms with Gasteiger partial charge in [-0.15, -0.1) is 0 Å². The zero-order chi connectivity index (χ0) is 19.8. The summed E-state index contributed by atoms with van der Waals surface area (Å²) < 4.78 is 5.27. The number of anilines is 1. The Morgan fingerprint density at radius 2 is 2.07 bits per heavy atom. The molecular weight excluding hydrogens is 382 g/mol. The predicted octanol–water partition coefficient (Wildman–Crippen LogP) is 3.93. The molecule has 2 aromatic rings. The molecule has 0 aliphatic rings. The van der Waals surface area contributed by atoms with Crippen molar-refractivity contribution in [3.63, 3.8) is 0 Å². The first-order valence-corrected chi connectivity index (χ1v) is 10.7. The summed E-state index contributed by atoms with van der Waals surface area (Å²) in [4.78, 5) is 31.8. The lowest BCUT2D eigenvalue weighted by Crippen LogP contribution is -2.25. The van der Waals surface area contributed by atoms with Gasteiger partial charge in [0.05, 0.1) is 23.7 Å². The molecule has 27 heavy (non-hydrogen) atoms. The molecule has 146 valence electrons. The van der Waals surface area contributed by atoms with Gasteiger partial charge in [0.1, 0.15) is 5.75 Å². The number of rotatable bonds is 9. The summed E-state index contributed by atoms with van der Waals surface area (Å²) in [7, 11) is 1.56. The quantitative estimate of drug-likeness (QED) is 0.484. The molecule has 8 heteroatoms. The van der Waals surface area contributed by atoms with E-state index in [9.17, 15) is 9.59 Å². The van der Waals surface area contributed by atoms with Crippen LogP contribution < -0.4 is 15.6 Å². The summed E-state index contributed by atoms with van der Waals surface area (Å²) in [5, 5.41) is 3.43. The first-order chi connectivity index (χ1) is 12.9. The number of para-hydroxylation sites is 2. The lowest BCUT2D eigenvalue weighted by atomic mass is 10.2. The normalized spacial score (nSPS) is 12.0. The number of H-pyrrole nitrogens is 1. The summed E-state index contributed by atoms with van der Waals surface area (Å²) in [6, 6.07) is 8.77. The number of hydrogen-bond acceptors (Lipinski definition) is 6. The molecule has 0 fully saturated rings. The third-order valence-electron chi connectivity index (χ3n) is 3.62. The minimum Gasteiger partial charge on any atom is -0.495 e. The van der Waals surface area contributed by atoms with Crippen LogP contribution in [0.4, 0.5) is 5.69 Å². The van der Waals surface area contributed by atoms with Crippen molar-refractivity contribution in [1.82, 2.24) is 9.97 Å². The van der Waals surface area contributed by atoms with Crippen LogP contribution >= 0.6 is 23.5 Å². The molecule has 0 radical (unpaired) electrons. The number of nitrogens with zero attached hydrogens (tertiary/aromatic N) is 1. The number of amides is 1. The highest BCUT2D eigenvalue weighted by Crippen LogP contribution is 2.27. The molecular formula is C19H25N3O3S2. The average Bonchev–Trinajstić information content (AvgIpc) is 2.64.